The fourth-order valence-corrected chi connectivity index (χ4v) is 4.93. The van der Waals surface area contributed by atoms with Gasteiger partial charge in [0, 0.05) is 55.1 Å². The monoisotopic (exact) mass is 499 g/mol. The smallest absolute Gasteiger partial charge is 0.256 e. The molecular weight excluding hydrogens is 470 g/mol. The van der Waals surface area contributed by atoms with Gasteiger partial charge in [0.15, 0.2) is 0 Å². The molecule has 4 N–H and O–H groups in total. The third-order valence-electron chi connectivity index (χ3n) is 6.73. The van der Waals surface area contributed by atoms with E-state index in [4.69, 9.17) is 10.7 Å². The summed E-state index contributed by atoms with van der Waals surface area (Å²) in [6.07, 6.45) is 6.97. The molecule has 0 spiro atoms. The second-order valence-electron chi connectivity index (χ2n) is 9.20. The number of aromatic nitrogens is 4. The van der Waals surface area contributed by atoms with E-state index in [1.54, 1.807) is 35.5 Å². The molecule has 1 aliphatic rings. The Hall–Kier alpha value is -4.31. The minimum Gasteiger partial charge on any atom is -0.396 e. The largest absolute Gasteiger partial charge is 0.396 e. The zero-order valence-corrected chi connectivity index (χ0v) is 20.6. The molecule has 4 aromatic rings. The number of aliphatic hydroxyl groups excluding tert-OH is 1. The third kappa shape index (κ3) is 4.88. The van der Waals surface area contributed by atoms with Gasteiger partial charge in [0.1, 0.15) is 28.7 Å². The second-order valence-corrected chi connectivity index (χ2v) is 9.20. The number of imidazole rings is 1. The molecule has 1 saturated heterocycles. The molecule has 0 radical (unpaired) electrons. The number of rotatable bonds is 6. The molecule has 37 heavy (non-hydrogen) atoms. The van der Waals surface area contributed by atoms with Crippen molar-refractivity contribution >= 4 is 29.0 Å². The van der Waals surface area contributed by atoms with Crippen molar-refractivity contribution in [3.05, 3.63) is 71.9 Å². The highest BCUT2D eigenvalue weighted by atomic mass is 16.3. The number of pyridine rings is 1. The molecule has 4 heterocycles. The van der Waals surface area contributed by atoms with Gasteiger partial charge in [-0.1, -0.05) is 12.1 Å². The van der Waals surface area contributed by atoms with Crippen LogP contribution in [0.25, 0.3) is 16.8 Å². The van der Waals surface area contributed by atoms with Crippen molar-refractivity contribution in [2.24, 2.45) is 0 Å². The lowest BCUT2D eigenvalue weighted by atomic mass is 9.97. The van der Waals surface area contributed by atoms with Gasteiger partial charge in [-0.2, -0.15) is 0 Å². The lowest BCUT2D eigenvalue weighted by Crippen LogP contribution is -2.39. The van der Waals surface area contributed by atoms with Crippen LogP contribution < -0.4 is 11.1 Å². The van der Waals surface area contributed by atoms with Gasteiger partial charge in [-0.15, -0.1) is 0 Å². The number of amides is 2. The Morgan fingerprint density at radius 1 is 1.19 bits per heavy atom. The van der Waals surface area contributed by atoms with E-state index in [1.165, 1.54) is 0 Å². The number of nitrogens with zero attached hydrogens (tertiary/aromatic N) is 5. The van der Waals surface area contributed by atoms with Crippen molar-refractivity contribution in [3.63, 3.8) is 0 Å². The molecule has 1 aromatic carbocycles. The Morgan fingerprint density at radius 2 is 2.05 bits per heavy atom. The summed E-state index contributed by atoms with van der Waals surface area (Å²) in [6, 6.07) is 10.8. The number of aliphatic hydroxyl groups is 1. The lowest BCUT2D eigenvalue weighted by Gasteiger charge is -2.32. The summed E-state index contributed by atoms with van der Waals surface area (Å²) in [6.45, 7) is 2.98. The fourth-order valence-electron chi connectivity index (χ4n) is 4.93. The third-order valence-corrected chi connectivity index (χ3v) is 6.73. The molecule has 0 aliphatic carbocycles. The minimum absolute atomic E-state index is 0.0168. The number of aryl methyl sites for hydroxylation is 1. The normalized spacial score (nSPS) is 15.6. The quantitative estimate of drug-likeness (QED) is 0.371. The predicted octanol–water partition coefficient (Wildman–Crippen LogP) is 3.02. The summed E-state index contributed by atoms with van der Waals surface area (Å²) in [5, 5.41) is 12.0. The highest BCUT2D eigenvalue weighted by Crippen LogP contribution is 2.35. The first-order valence-electron chi connectivity index (χ1n) is 12.3. The second kappa shape index (κ2) is 10.4. The lowest BCUT2D eigenvalue weighted by molar-refractivity contribution is -0.133. The summed E-state index contributed by atoms with van der Waals surface area (Å²) in [7, 11) is 0. The van der Waals surface area contributed by atoms with Crippen LogP contribution in [0.1, 0.15) is 46.9 Å². The molecular formula is C27H29N7O3. The summed E-state index contributed by atoms with van der Waals surface area (Å²) in [5.41, 5.74) is 9.94. The number of hydrogen-bond acceptors (Lipinski definition) is 7. The topological polar surface area (TPSA) is 139 Å². The van der Waals surface area contributed by atoms with Crippen molar-refractivity contribution in [3.8, 4) is 11.3 Å². The maximum absolute atomic E-state index is 12.8. The van der Waals surface area contributed by atoms with Gasteiger partial charge < -0.3 is 21.1 Å². The van der Waals surface area contributed by atoms with Crippen LogP contribution in [-0.4, -0.2) is 60.9 Å². The van der Waals surface area contributed by atoms with E-state index in [-0.39, 0.29) is 30.8 Å². The van der Waals surface area contributed by atoms with Crippen LogP contribution in [0.4, 0.5) is 11.6 Å². The number of nitrogen functional groups attached to an aromatic ring is 1. The maximum Gasteiger partial charge on any atom is 0.256 e. The number of hydrogen-bond donors (Lipinski definition) is 3. The molecule has 0 bridgehead atoms. The van der Waals surface area contributed by atoms with E-state index in [9.17, 15) is 14.7 Å². The molecule has 10 heteroatoms. The van der Waals surface area contributed by atoms with E-state index < -0.39 is 0 Å². The zero-order valence-electron chi connectivity index (χ0n) is 20.6. The number of likely N-dealkylation sites (tertiary alicyclic amines) is 1. The van der Waals surface area contributed by atoms with E-state index in [0.717, 1.165) is 29.8 Å². The van der Waals surface area contributed by atoms with Crippen molar-refractivity contribution in [1.82, 2.24) is 24.3 Å². The van der Waals surface area contributed by atoms with E-state index in [2.05, 4.69) is 15.3 Å². The number of carbonyl (C=O) groups excluding carboxylic acids is 2. The van der Waals surface area contributed by atoms with Crippen molar-refractivity contribution in [1.29, 1.82) is 0 Å². The van der Waals surface area contributed by atoms with E-state index in [0.29, 0.717) is 41.5 Å². The molecule has 1 unspecified atom stereocenters. The van der Waals surface area contributed by atoms with Gasteiger partial charge in [0.05, 0.1) is 6.61 Å². The molecule has 5 rings (SSSR count). The SMILES string of the molecule is Cc1cc(C(=O)Nc2ccccn2)ccc1-c1nc(C2CCCN(C(=O)CCO)C2)n2ccnc(N)c12. The van der Waals surface area contributed by atoms with Gasteiger partial charge in [0.2, 0.25) is 5.91 Å². The number of benzene rings is 1. The number of nitrogens with two attached hydrogens (primary N) is 1. The first-order valence-corrected chi connectivity index (χ1v) is 12.3. The van der Waals surface area contributed by atoms with Crippen molar-refractivity contribution in [2.45, 2.75) is 32.1 Å². The fraction of sp³-hybridized carbons (Fsp3) is 0.296. The van der Waals surface area contributed by atoms with Gasteiger partial charge in [0.25, 0.3) is 5.91 Å². The number of carbonyl (C=O) groups is 2. The van der Waals surface area contributed by atoms with Crippen molar-refractivity contribution < 1.29 is 14.7 Å². The summed E-state index contributed by atoms with van der Waals surface area (Å²) >= 11 is 0. The molecule has 3 aromatic heterocycles. The Morgan fingerprint density at radius 3 is 2.81 bits per heavy atom. The number of anilines is 2. The Balaban J connectivity index is 1.49. The molecule has 1 fully saturated rings. The first-order chi connectivity index (χ1) is 18.0. The number of nitrogens with one attached hydrogen (secondary N) is 1. The number of fused-ring (bicyclic) bond motifs is 1. The molecule has 0 saturated carbocycles. The van der Waals surface area contributed by atoms with Crippen LogP contribution in [0, 0.1) is 6.92 Å². The van der Waals surface area contributed by atoms with Crippen LogP contribution in [-0.2, 0) is 4.79 Å². The van der Waals surface area contributed by atoms with Crippen LogP contribution in [0.3, 0.4) is 0 Å². The van der Waals surface area contributed by atoms with Gasteiger partial charge >= 0.3 is 0 Å². The molecule has 2 amide bonds. The van der Waals surface area contributed by atoms with Crippen LogP contribution in [0.2, 0.25) is 0 Å². The molecule has 1 atom stereocenters. The zero-order chi connectivity index (χ0) is 25.9. The average molecular weight is 500 g/mol. The standard InChI is InChI=1S/C27H29N7O3/c1-17-15-18(27(37)31-21-6-2-3-10-29-21)7-8-20(17)23-24-25(28)30-11-13-34(24)26(32-23)19-5-4-12-33(16-19)22(36)9-14-35/h2-3,6-8,10-11,13,15,19,35H,4-5,9,12,14,16H2,1H3,(H2,28,30)(H,29,31,37). The van der Waals surface area contributed by atoms with Crippen molar-refractivity contribution in [2.75, 3.05) is 30.7 Å². The van der Waals surface area contributed by atoms with Gasteiger partial charge in [-0.3, -0.25) is 14.0 Å². The highest BCUT2D eigenvalue weighted by molar-refractivity contribution is 6.04. The van der Waals surface area contributed by atoms with Crippen LogP contribution >= 0.6 is 0 Å². The van der Waals surface area contributed by atoms with E-state index in [1.807, 2.05) is 35.7 Å². The van der Waals surface area contributed by atoms with E-state index >= 15 is 0 Å². The molecule has 1 aliphatic heterocycles. The summed E-state index contributed by atoms with van der Waals surface area (Å²) < 4.78 is 1.96. The Kier molecular flexibility index (Phi) is 6.82. The molecule has 10 nitrogen and oxygen atoms in total. The summed E-state index contributed by atoms with van der Waals surface area (Å²) in [5.74, 6) is 1.37. The Bertz CT molecular complexity index is 1450. The Labute approximate surface area is 214 Å². The van der Waals surface area contributed by atoms with Crippen LogP contribution in [0.15, 0.2) is 55.0 Å². The maximum atomic E-state index is 12.8. The predicted molar refractivity (Wildman–Crippen MR) is 140 cm³/mol. The van der Waals surface area contributed by atoms with Gasteiger partial charge in [-0.25, -0.2) is 15.0 Å². The van der Waals surface area contributed by atoms with Crippen LogP contribution in [0.5, 0.6) is 0 Å². The highest BCUT2D eigenvalue weighted by Gasteiger charge is 2.29. The summed E-state index contributed by atoms with van der Waals surface area (Å²) in [4.78, 5) is 40.5. The average Bonchev–Trinajstić information content (AvgIpc) is 3.30. The van der Waals surface area contributed by atoms with Gasteiger partial charge in [-0.05, 0) is 49.6 Å². The number of piperidine rings is 1. The first kappa shape index (κ1) is 24.4. The minimum atomic E-state index is -0.250. The molecule has 190 valence electrons.